The van der Waals surface area contributed by atoms with Crippen LogP contribution in [-0.2, 0) is 10.2 Å². The van der Waals surface area contributed by atoms with E-state index in [2.05, 4.69) is 0 Å². The van der Waals surface area contributed by atoms with Gasteiger partial charge >= 0.3 is 5.97 Å². The third-order valence-corrected chi connectivity index (χ3v) is 2.87. The number of benzene rings is 1. The maximum atomic E-state index is 11.9. The van der Waals surface area contributed by atoms with Crippen molar-refractivity contribution in [2.24, 2.45) is 5.41 Å². The molecule has 0 radical (unpaired) electrons. The molecule has 0 bridgehead atoms. The summed E-state index contributed by atoms with van der Waals surface area (Å²) in [6, 6.07) is 2.98. The van der Waals surface area contributed by atoms with Crippen molar-refractivity contribution in [1.29, 1.82) is 0 Å². The van der Waals surface area contributed by atoms with Crippen molar-refractivity contribution in [2.75, 3.05) is 0 Å². The van der Waals surface area contributed by atoms with Crippen molar-refractivity contribution in [1.82, 2.24) is 0 Å². The monoisotopic (exact) mass is 278 g/mol. The molecule has 20 heavy (non-hydrogen) atoms. The van der Waals surface area contributed by atoms with Crippen LogP contribution in [0.3, 0.4) is 0 Å². The maximum Gasteiger partial charge on any atom is 0.316 e. The SMILES string of the molecule is CC(C)(C)C(=O)Oc1cc(C=O)c(O)c(C(C)(C)C)c1. The van der Waals surface area contributed by atoms with Gasteiger partial charge in [-0.2, -0.15) is 0 Å². The number of aromatic hydroxyl groups is 1. The van der Waals surface area contributed by atoms with E-state index in [-0.39, 0.29) is 28.4 Å². The number of ether oxygens (including phenoxy) is 1. The summed E-state index contributed by atoms with van der Waals surface area (Å²) in [4.78, 5) is 22.9. The molecule has 0 aliphatic heterocycles. The van der Waals surface area contributed by atoms with Gasteiger partial charge in [0.1, 0.15) is 11.5 Å². The summed E-state index contributed by atoms with van der Waals surface area (Å²) in [7, 11) is 0. The summed E-state index contributed by atoms with van der Waals surface area (Å²) in [5.41, 5.74) is -0.319. The molecule has 110 valence electrons. The second-order valence-electron chi connectivity index (χ2n) is 6.92. The molecule has 0 spiro atoms. The highest BCUT2D eigenvalue weighted by atomic mass is 16.5. The number of phenols is 1. The highest BCUT2D eigenvalue weighted by Gasteiger charge is 2.26. The smallest absolute Gasteiger partial charge is 0.316 e. The van der Waals surface area contributed by atoms with Crippen LogP contribution in [-0.4, -0.2) is 17.4 Å². The van der Waals surface area contributed by atoms with E-state index in [0.717, 1.165) is 0 Å². The Hall–Kier alpha value is -1.84. The zero-order chi connectivity index (χ0) is 15.7. The topological polar surface area (TPSA) is 63.6 Å². The van der Waals surface area contributed by atoms with Crippen molar-refractivity contribution in [2.45, 2.75) is 47.0 Å². The fourth-order valence-corrected chi connectivity index (χ4v) is 1.61. The van der Waals surface area contributed by atoms with E-state index in [1.165, 1.54) is 6.07 Å². The van der Waals surface area contributed by atoms with Crippen molar-refractivity contribution < 1.29 is 19.4 Å². The van der Waals surface area contributed by atoms with Gasteiger partial charge in [-0.15, -0.1) is 0 Å². The number of carbonyl (C=O) groups is 2. The standard InChI is InChI=1S/C16H22O4/c1-15(2,3)12-8-11(7-10(9-17)13(12)18)20-14(19)16(4,5)6/h7-9,18H,1-6H3. The molecule has 4 heteroatoms. The number of esters is 1. The fraction of sp³-hybridized carbons (Fsp3) is 0.500. The minimum atomic E-state index is -0.638. The molecule has 1 aromatic rings. The van der Waals surface area contributed by atoms with Crippen LogP contribution in [0.4, 0.5) is 0 Å². The van der Waals surface area contributed by atoms with E-state index in [0.29, 0.717) is 11.8 Å². The summed E-state index contributed by atoms with van der Waals surface area (Å²) in [5.74, 6) is -0.183. The minimum absolute atomic E-state index is 0.0666. The Morgan fingerprint density at radius 2 is 1.70 bits per heavy atom. The summed E-state index contributed by atoms with van der Waals surface area (Å²) in [6.45, 7) is 11.0. The molecule has 0 heterocycles. The van der Waals surface area contributed by atoms with Crippen molar-refractivity contribution >= 4 is 12.3 Å². The normalized spacial score (nSPS) is 12.1. The lowest BCUT2D eigenvalue weighted by Crippen LogP contribution is -2.25. The van der Waals surface area contributed by atoms with Crippen LogP contribution in [0.5, 0.6) is 11.5 Å². The quantitative estimate of drug-likeness (QED) is 0.511. The predicted octanol–water partition coefficient (Wildman–Crippen LogP) is 3.45. The van der Waals surface area contributed by atoms with Gasteiger partial charge in [0.15, 0.2) is 6.29 Å². The van der Waals surface area contributed by atoms with Gasteiger partial charge in [0.2, 0.25) is 0 Å². The molecule has 0 amide bonds. The van der Waals surface area contributed by atoms with E-state index in [4.69, 9.17) is 4.74 Å². The Morgan fingerprint density at radius 3 is 2.10 bits per heavy atom. The molecule has 0 aromatic heterocycles. The third-order valence-electron chi connectivity index (χ3n) is 2.87. The first-order valence-electron chi connectivity index (χ1n) is 6.52. The predicted molar refractivity (Wildman–Crippen MR) is 77.3 cm³/mol. The Kier molecular flexibility index (Phi) is 4.27. The highest BCUT2D eigenvalue weighted by Crippen LogP contribution is 2.36. The molecule has 0 unspecified atom stereocenters. The second kappa shape index (κ2) is 5.27. The molecule has 1 aromatic carbocycles. The zero-order valence-corrected chi connectivity index (χ0v) is 12.9. The number of aldehydes is 1. The third kappa shape index (κ3) is 3.59. The van der Waals surface area contributed by atoms with Gasteiger partial charge in [0, 0.05) is 5.56 Å². The minimum Gasteiger partial charge on any atom is -0.507 e. The summed E-state index contributed by atoms with van der Waals surface area (Å²) in [6.07, 6.45) is 0.555. The van der Waals surface area contributed by atoms with Crippen molar-refractivity contribution in [3.63, 3.8) is 0 Å². The van der Waals surface area contributed by atoms with Gasteiger partial charge in [-0.25, -0.2) is 0 Å². The lowest BCUT2D eigenvalue weighted by Gasteiger charge is -2.23. The van der Waals surface area contributed by atoms with Gasteiger partial charge in [-0.1, -0.05) is 20.8 Å². The molecular weight excluding hydrogens is 256 g/mol. The Morgan fingerprint density at radius 1 is 1.15 bits per heavy atom. The molecule has 1 rings (SSSR count). The molecule has 0 saturated heterocycles. The van der Waals surface area contributed by atoms with Crippen LogP contribution in [0, 0.1) is 5.41 Å². The number of phenolic OH excluding ortho intramolecular Hbond substituents is 1. The van der Waals surface area contributed by atoms with Crippen LogP contribution in [0.25, 0.3) is 0 Å². The van der Waals surface area contributed by atoms with Crippen LogP contribution < -0.4 is 4.74 Å². The summed E-state index contributed by atoms with van der Waals surface area (Å²) < 4.78 is 5.30. The lowest BCUT2D eigenvalue weighted by atomic mass is 9.85. The number of rotatable bonds is 2. The second-order valence-corrected chi connectivity index (χ2v) is 6.92. The van der Waals surface area contributed by atoms with Crippen LogP contribution in [0.15, 0.2) is 12.1 Å². The zero-order valence-electron chi connectivity index (χ0n) is 12.9. The first-order chi connectivity index (χ1) is 8.96. The molecular formula is C16H22O4. The molecule has 0 aliphatic carbocycles. The molecule has 0 fully saturated rings. The Bertz CT molecular complexity index is 531. The van der Waals surface area contributed by atoms with Gasteiger partial charge in [-0.05, 0) is 38.3 Å². The average molecular weight is 278 g/mol. The first-order valence-corrected chi connectivity index (χ1v) is 6.52. The van der Waals surface area contributed by atoms with Gasteiger partial charge in [0.25, 0.3) is 0 Å². The summed E-state index contributed by atoms with van der Waals surface area (Å²) >= 11 is 0. The molecule has 0 saturated carbocycles. The molecule has 4 nitrogen and oxygen atoms in total. The van der Waals surface area contributed by atoms with E-state index in [1.807, 2.05) is 20.8 Å². The Balaban J connectivity index is 3.30. The first kappa shape index (κ1) is 16.2. The fourth-order valence-electron chi connectivity index (χ4n) is 1.61. The van der Waals surface area contributed by atoms with Gasteiger partial charge < -0.3 is 9.84 Å². The van der Waals surface area contributed by atoms with Crippen LogP contribution in [0.1, 0.15) is 57.5 Å². The molecule has 0 atom stereocenters. The number of hydrogen-bond donors (Lipinski definition) is 1. The lowest BCUT2D eigenvalue weighted by molar-refractivity contribution is -0.143. The van der Waals surface area contributed by atoms with E-state index in [1.54, 1.807) is 26.8 Å². The van der Waals surface area contributed by atoms with E-state index < -0.39 is 5.41 Å². The van der Waals surface area contributed by atoms with Gasteiger partial charge in [0.05, 0.1) is 11.0 Å². The van der Waals surface area contributed by atoms with Crippen LogP contribution >= 0.6 is 0 Å². The van der Waals surface area contributed by atoms with E-state index in [9.17, 15) is 14.7 Å². The van der Waals surface area contributed by atoms with Crippen molar-refractivity contribution in [3.05, 3.63) is 23.3 Å². The average Bonchev–Trinajstić information content (AvgIpc) is 2.28. The number of carbonyl (C=O) groups excluding carboxylic acids is 2. The highest BCUT2D eigenvalue weighted by molar-refractivity contribution is 5.83. The molecule has 0 aliphatic rings. The number of hydrogen-bond acceptors (Lipinski definition) is 4. The Labute approximate surface area is 119 Å². The van der Waals surface area contributed by atoms with Gasteiger partial charge in [-0.3, -0.25) is 9.59 Å². The molecule has 1 N–H and O–H groups in total. The maximum absolute atomic E-state index is 11.9. The van der Waals surface area contributed by atoms with E-state index >= 15 is 0 Å². The largest absolute Gasteiger partial charge is 0.507 e. The van der Waals surface area contributed by atoms with Crippen molar-refractivity contribution in [3.8, 4) is 11.5 Å². The summed E-state index contributed by atoms with van der Waals surface area (Å²) in [5, 5.41) is 10.1. The van der Waals surface area contributed by atoms with Crippen LogP contribution in [0.2, 0.25) is 0 Å².